The largest absolute Gasteiger partial charge is 0.496 e. The molecular formula is C38H37N3O5S. The number of likely N-dealkylation sites (N-methyl/N-ethyl adjacent to an activating group) is 1. The first-order valence-corrected chi connectivity index (χ1v) is 16.4. The molecule has 0 saturated carbocycles. The number of fused-ring (bicyclic) bond motifs is 2. The van der Waals surface area contributed by atoms with Crippen molar-refractivity contribution in [1.29, 1.82) is 0 Å². The number of aromatic nitrogens is 1. The van der Waals surface area contributed by atoms with E-state index in [9.17, 15) is 9.59 Å². The van der Waals surface area contributed by atoms with Crippen LogP contribution < -0.4 is 29.1 Å². The van der Waals surface area contributed by atoms with Gasteiger partial charge in [0.25, 0.3) is 11.5 Å². The number of para-hydroxylation sites is 1. The Kier molecular flexibility index (Phi) is 9.26. The van der Waals surface area contributed by atoms with E-state index >= 15 is 0 Å². The summed E-state index contributed by atoms with van der Waals surface area (Å²) < 4.78 is 19.7. The summed E-state index contributed by atoms with van der Waals surface area (Å²) in [6.45, 7) is 7.18. The number of rotatable bonds is 10. The van der Waals surface area contributed by atoms with Crippen molar-refractivity contribution >= 4 is 34.1 Å². The van der Waals surface area contributed by atoms with Crippen LogP contribution in [0.2, 0.25) is 0 Å². The van der Waals surface area contributed by atoms with E-state index in [1.165, 1.54) is 11.3 Å². The number of methoxy groups -OCH3 is 2. The fourth-order valence-electron chi connectivity index (χ4n) is 6.08. The fraction of sp³-hybridized carbons (Fsp3) is 0.237. The molecule has 0 spiro atoms. The molecule has 1 aromatic heterocycles. The summed E-state index contributed by atoms with van der Waals surface area (Å²) in [5.74, 6) is 1.60. The lowest BCUT2D eigenvalue weighted by atomic mass is 9.94. The highest BCUT2D eigenvalue weighted by atomic mass is 32.1. The number of nitrogens with zero attached hydrogens (tertiary/aromatic N) is 3. The molecule has 0 bridgehead atoms. The molecule has 0 N–H and O–H groups in total. The molecular weight excluding hydrogens is 611 g/mol. The lowest BCUT2D eigenvalue weighted by Gasteiger charge is -2.29. The number of hydrogen-bond acceptors (Lipinski definition) is 7. The van der Waals surface area contributed by atoms with Crippen LogP contribution in [0.5, 0.6) is 17.2 Å². The number of hydrogen-bond donors (Lipinski definition) is 0. The Hall–Kier alpha value is -5.15. The second-order valence-corrected chi connectivity index (χ2v) is 12.1. The average Bonchev–Trinajstić information content (AvgIpc) is 3.40. The number of benzene rings is 4. The van der Waals surface area contributed by atoms with Gasteiger partial charge in [0.05, 0.1) is 30.0 Å². The molecule has 240 valence electrons. The Labute approximate surface area is 277 Å². The van der Waals surface area contributed by atoms with Gasteiger partial charge in [-0.2, -0.15) is 0 Å². The van der Waals surface area contributed by atoms with Gasteiger partial charge in [-0.15, -0.1) is 0 Å². The molecule has 0 saturated heterocycles. The molecule has 1 amide bonds. The summed E-state index contributed by atoms with van der Waals surface area (Å²) in [6.07, 6.45) is 1.82. The Morgan fingerprint density at radius 2 is 1.64 bits per heavy atom. The number of ether oxygens (including phenoxy) is 3. The zero-order chi connectivity index (χ0) is 33.1. The topological polar surface area (TPSA) is 82.4 Å². The van der Waals surface area contributed by atoms with Crippen LogP contribution in [0, 0.1) is 0 Å². The quantitative estimate of drug-likeness (QED) is 0.190. The fourth-order valence-corrected chi connectivity index (χ4v) is 7.13. The van der Waals surface area contributed by atoms with Gasteiger partial charge in [0.2, 0.25) is 0 Å². The van der Waals surface area contributed by atoms with Crippen LogP contribution in [0.15, 0.2) is 106 Å². The van der Waals surface area contributed by atoms with E-state index in [-0.39, 0.29) is 11.5 Å². The molecule has 1 atom stereocenters. The normalized spacial score (nSPS) is 14.5. The number of carbonyl (C=O) groups is 1. The second-order valence-electron chi connectivity index (χ2n) is 11.1. The minimum atomic E-state index is -0.697. The van der Waals surface area contributed by atoms with E-state index in [0.717, 1.165) is 27.5 Å². The van der Waals surface area contributed by atoms with E-state index in [0.29, 0.717) is 57.5 Å². The molecule has 8 nitrogen and oxygen atoms in total. The molecule has 47 heavy (non-hydrogen) atoms. The van der Waals surface area contributed by atoms with E-state index in [1.54, 1.807) is 23.7 Å². The van der Waals surface area contributed by atoms with Gasteiger partial charge in [-0.25, -0.2) is 4.99 Å². The standard InChI is InChI=1S/C38H37N3O5S/c1-6-40(7-2)37(43)34-24(3)39-38-41(35(34)29-17-10-11-18-30(29)44-4)36(42)33(47-38)22-25-19-20-31(32(21-25)45-5)46-23-27-15-12-14-26-13-8-9-16-28(26)27/h8-22,35H,6-7,23H2,1-5H3/b33-22+/t35-/m0/s1. The van der Waals surface area contributed by atoms with Gasteiger partial charge < -0.3 is 19.1 Å². The molecule has 0 fully saturated rings. The summed E-state index contributed by atoms with van der Waals surface area (Å²) in [4.78, 5) is 35.2. The maximum Gasteiger partial charge on any atom is 0.271 e. The first kappa shape index (κ1) is 31.8. The van der Waals surface area contributed by atoms with Crippen molar-refractivity contribution in [2.75, 3.05) is 27.3 Å². The number of thiazole rings is 1. The van der Waals surface area contributed by atoms with Crippen LogP contribution in [0.25, 0.3) is 16.8 Å². The lowest BCUT2D eigenvalue weighted by molar-refractivity contribution is -0.127. The summed E-state index contributed by atoms with van der Waals surface area (Å²) >= 11 is 1.29. The van der Waals surface area contributed by atoms with Gasteiger partial charge in [0.1, 0.15) is 18.4 Å². The van der Waals surface area contributed by atoms with Crippen molar-refractivity contribution in [3.63, 3.8) is 0 Å². The molecule has 6 rings (SSSR count). The van der Waals surface area contributed by atoms with Crippen molar-refractivity contribution in [3.05, 3.63) is 133 Å². The van der Waals surface area contributed by atoms with Crippen molar-refractivity contribution < 1.29 is 19.0 Å². The minimum absolute atomic E-state index is 0.148. The predicted octanol–water partition coefficient (Wildman–Crippen LogP) is 5.85. The van der Waals surface area contributed by atoms with Crippen LogP contribution in [0.1, 0.15) is 43.5 Å². The molecule has 1 aliphatic heterocycles. The predicted molar refractivity (Wildman–Crippen MR) is 186 cm³/mol. The SMILES string of the molecule is CCN(CC)C(=O)C1=C(C)N=c2s/c(=C/c3ccc(OCc4cccc5ccccc45)c(OC)c3)c(=O)n2[C@H]1c1ccccc1OC. The highest BCUT2D eigenvalue weighted by Gasteiger charge is 2.35. The van der Waals surface area contributed by atoms with Crippen molar-refractivity contribution in [1.82, 2.24) is 9.47 Å². The van der Waals surface area contributed by atoms with Gasteiger partial charge in [-0.05, 0) is 66.9 Å². The molecule has 0 unspecified atom stereocenters. The summed E-state index contributed by atoms with van der Waals surface area (Å²) in [7, 11) is 3.19. The van der Waals surface area contributed by atoms with Gasteiger partial charge in [-0.3, -0.25) is 14.2 Å². The highest BCUT2D eigenvalue weighted by molar-refractivity contribution is 7.07. The van der Waals surface area contributed by atoms with E-state index in [4.69, 9.17) is 19.2 Å². The van der Waals surface area contributed by atoms with Gasteiger partial charge in [0, 0.05) is 18.7 Å². The van der Waals surface area contributed by atoms with Crippen molar-refractivity contribution in [2.45, 2.75) is 33.4 Å². The first-order valence-electron chi connectivity index (χ1n) is 15.6. The summed E-state index contributed by atoms with van der Waals surface area (Å²) in [5.41, 5.74) is 3.38. The summed E-state index contributed by atoms with van der Waals surface area (Å²) in [6, 6.07) is 26.8. The Morgan fingerprint density at radius 1 is 0.915 bits per heavy atom. The van der Waals surface area contributed by atoms with E-state index < -0.39 is 6.04 Å². The van der Waals surface area contributed by atoms with Crippen LogP contribution in [-0.4, -0.2) is 42.7 Å². The Bertz CT molecular complexity index is 2170. The zero-order valence-corrected chi connectivity index (χ0v) is 28.0. The van der Waals surface area contributed by atoms with Crippen LogP contribution in [0.3, 0.4) is 0 Å². The Morgan fingerprint density at radius 3 is 2.40 bits per heavy atom. The zero-order valence-electron chi connectivity index (χ0n) is 27.2. The molecule has 5 aromatic rings. The molecule has 9 heteroatoms. The third kappa shape index (κ3) is 6.06. The number of carbonyl (C=O) groups excluding carboxylic acids is 1. The van der Waals surface area contributed by atoms with E-state index in [1.807, 2.05) is 87.5 Å². The molecule has 1 aliphatic rings. The number of allylic oxidation sites excluding steroid dienone is 1. The van der Waals surface area contributed by atoms with Crippen LogP contribution >= 0.6 is 11.3 Å². The monoisotopic (exact) mass is 647 g/mol. The smallest absolute Gasteiger partial charge is 0.271 e. The maximum atomic E-state index is 14.2. The lowest BCUT2D eigenvalue weighted by Crippen LogP contribution is -2.43. The van der Waals surface area contributed by atoms with Gasteiger partial charge in [0.15, 0.2) is 16.3 Å². The van der Waals surface area contributed by atoms with E-state index in [2.05, 4.69) is 24.3 Å². The Balaban J connectivity index is 1.39. The van der Waals surface area contributed by atoms with Crippen LogP contribution in [0.4, 0.5) is 0 Å². The van der Waals surface area contributed by atoms with Crippen molar-refractivity contribution in [3.8, 4) is 17.2 Å². The maximum absolute atomic E-state index is 14.2. The summed E-state index contributed by atoms with van der Waals surface area (Å²) in [5, 5.41) is 2.30. The average molecular weight is 648 g/mol. The van der Waals surface area contributed by atoms with Crippen molar-refractivity contribution in [2.24, 2.45) is 4.99 Å². The molecule has 0 radical (unpaired) electrons. The highest BCUT2D eigenvalue weighted by Crippen LogP contribution is 2.36. The van der Waals surface area contributed by atoms with Gasteiger partial charge in [-0.1, -0.05) is 78.1 Å². The number of amides is 1. The van der Waals surface area contributed by atoms with Crippen LogP contribution in [-0.2, 0) is 11.4 Å². The molecule has 0 aliphatic carbocycles. The third-order valence-electron chi connectivity index (χ3n) is 8.48. The van der Waals surface area contributed by atoms with Gasteiger partial charge >= 0.3 is 0 Å². The second kappa shape index (κ2) is 13.7. The third-order valence-corrected chi connectivity index (χ3v) is 9.47. The molecule has 2 heterocycles. The first-order chi connectivity index (χ1) is 22.9. The molecule has 4 aromatic carbocycles. The minimum Gasteiger partial charge on any atom is -0.496 e.